The number of thiophene rings is 1. The zero-order valence-electron chi connectivity index (χ0n) is 15.1. The number of aromatic nitrogens is 4. The van der Waals surface area contributed by atoms with Gasteiger partial charge in [-0.15, -0.1) is 21.5 Å². The molecule has 4 heterocycles. The molecule has 0 atom stereocenters. The van der Waals surface area contributed by atoms with Gasteiger partial charge in [0, 0.05) is 49.2 Å². The summed E-state index contributed by atoms with van der Waals surface area (Å²) in [5, 5.41) is 10.4. The first-order valence-electron chi connectivity index (χ1n) is 8.92. The number of anilines is 1. The predicted molar refractivity (Wildman–Crippen MR) is 102 cm³/mol. The van der Waals surface area contributed by atoms with Crippen LogP contribution in [-0.4, -0.2) is 56.6 Å². The van der Waals surface area contributed by atoms with Crippen LogP contribution in [0, 0.1) is 6.92 Å². The lowest BCUT2D eigenvalue weighted by atomic mass is 10.2. The summed E-state index contributed by atoms with van der Waals surface area (Å²) in [5.41, 5.74) is 1.09. The highest BCUT2D eigenvalue weighted by molar-refractivity contribution is 7.10. The summed E-state index contributed by atoms with van der Waals surface area (Å²) in [6.07, 6.45) is 1.33. The van der Waals surface area contributed by atoms with Crippen molar-refractivity contribution in [2.75, 3.05) is 31.1 Å². The topological polar surface area (TPSA) is 66.6 Å². The molecule has 1 saturated heterocycles. The van der Waals surface area contributed by atoms with E-state index < -0.39 is 0 Å². The molecular formula is C18H22N6OS. The van der Waals surface area contributed by atoms with Crippen molar-refractivity contribution in [2.45, 2.75) is 26.7 Å². The van der Waals surface area contributed by atoms with Gasteiger partial charge in [-0.2, -0.15) is 4.98 Å². The minimum atomic E-state index is 0.205. The summed E-state index contributed by atoms with van der Waals surface area (Å²) < 4.78 is 2.00. The average Bonchev–Trinajstić information content (AvgIpc) is 3.31. The van der Waals surface area contributed by atoms with Gasteiger partial charge in [0.25, 0.3) is 5.78 Å². The Morgan fingerprint density at radius 1 is 1.23 bits per heavy atom. The molecule has 3 aromatic heterocycles. The average molecular weight is 370 g/mol. The molecule has 1 amide bonds. The third kappa shape index (κ3) is 3.16. The Morgan fingerprint density at radius 2 is 2.04 bits per heavy atom. The molecule has 8 heteroatoms. The monoisotopic (exact) mass is 370 g/mol. The van der Waals surface area contributed by atoms with Gasteiger partial charge in [0.2, 0.25) is 5.91 Å². The Bertz CT molecular complexity index is 911. The second-order valence-electron chi connectivity index (χ2n) is 6.48. The van der Waals surface area contributed by atoms with Crippen LogP contribution < -0.4 is 4.90 Å². The third-order valence-corrected chi connectivity index (χ3v) is 5.67. The van der Waals surface area contributed by atoms with Gasteiger partial charge in [-0.25, -0.2) is 0 Å². The second-order valence-corrected chi connectivity index (χ2v) is 7.52. The fraction of sp³-hybridized carbons (Fsp3) is 0.444. The lowest BCUT2D eigenvalue weighted by Gasteiger charge is -2.35. The van der Waals surface area contributed by atoms with Crippen molar-refractivity contribution in [3.8, 4) is 0 Å². The first-order chi connectivity index (χ1) is 12.7. The number of fused-ring (bicyclic) bond motifs is 1. The minimum absolute atomic E-state index is 0.205. The van der Waals surface area contributed by atoms with Gasteiger partial charge in [-0.1, -0.05) is 13.0 Å². The molecule has 0 aromatic carbocycles. The van der Waals surface area contributed by atoms with Crippen molar-refractivity contribution in [3.63, 3.8) is 0 Å². The number of hydrogen-bond acceptors (Lipinski definition) is 6. The van der Waals surface area contributed by atoms with E-state index in [0.29, 0.717) is 12.2 Å². The Morgan fingerprint density at radius 3 is 2.73 bits per heavy atom. The number of rotatable bonds is 4. The quantitative estimate of drug-likeness (QED) is 0.702. The fourth-order valence-corrected chi connectivity index (χ4v) is 4.07. The standard InChI is InChI=1S/C18H22N6OS/c1-3-15-20-21-18-19-16(11-13(2)24(15)18)22-6-8-23(9-7-22)17(25)12-14-5-4-10-26-14/h4-5,10-11H,3,6-9,12H2,1-2H3. The van der Waals surface area contributed by atoms with Crippen molar-refractivity contribution >= 4 is 28.8 Å². The molecule has 1 aliphatic heterocycles. The summed E-state index contributed by atoms with van der Waals surface area (Å²) in [7, 11) is 0. The zero-order valence-corrected chi connectivity index (χ0v) is 15.9. The summed E-state index contributed by atoms with van der Waals surface area (Å²) in [6.45, 7) is 7.14. The number of carbonyl (C=O) groups is 1. The maximum atomic E-state index is 12.5. The van der Waals surface area contributed by atoms with Crippen LogP contribution >= 0.6 is 11.3 Å². The second kappa shape index (κ2) is 7.03. The van der Waals surface area contributed by atoms with E-state index in [2.05, 4.69) is 40.0 Å². The van der Waals surface area contributed by atoms with Crippen LogP contribution in [0.1, 0.15) is 23.3 Å². The number of hydrogen-bond donors (Lipinski definition) is 0. The highest BCUT2D eigenvalue weighted by Crippen LogP contribution is 2.19. The van der Waals surface area contributed by atoms with Crippen LogP contribution in [0.15, 0.2) is 23.6 Å². The molecule has 0 spiro atoms. The maximum absolute atomic E-state index is 12.5. The van der Waals surface area contributed by atoms with Gasteiger partial charge >= 0.3 is 0 Å². The van der Waals surface area contributed by atoms with E-state index in [9.17, 15) is 4.79 Å². The Hall–Kier alpha value is -2.48. The van der Waals surface area contributed by atoms with E-state index in [1.54, 1.807) is 11.3 Å². The van der Waals surface area contributed by atoms with Crippen LogP contribution in [-0.2, 0) is 17.6 Å². The van der Waals surface area contributed by atoms with Gasteiger partial charge < -0.3 is 9.80 Å². The molecule has 0 aliphatic carbocycles. The molecule has 4 rings (SSSR count). The van der Waals surface area contributed by atoms with E-state index in [1.807, 2.05) is 26.8 Å². The molecule has 0 unspecified atom stereocenters. The molecule has 7 nitrogen and oxygen atoms in total. The van der Waals surface area contributed by atoms with Crippen LogP contribution in [0.2, 0.25) is 0 Å². The van der Waals surface area contributed by atoms with Crippen molar-refractivity contribution in [1.82, 2.24) is 24.5 Å². The number of nitrogens with zero attached hydrogens (tertiary/aromatic N) is 6. The summed E-state index contributed by atoms with van der Waals surface area (Å²) in [4.78, 5) is 22.4. The molecular weight excluding hydrogens is 348 g/mol. The summed E-state index contributed by atoms with van der Waals surface area (Å²) in [6, 6.07) is 6.09. The smallest absolute Gasteiger partial charge is 0.257 e. The molecule has 1 aliphatic rings. The van der Waals surface area contributed by atoms with E-state index in [1.165, 1.54) is 0 Å². The normalized spacial score (nSPS) is 15.0. The molecule has 3 aromatic rings. The van der Waals surface area contributed by atoms with E-state index in [0.717, 1.165) is 54.8 Å². The number of piperazine rings is 1. The van der Waals surface area contributed by atoms with Crippen LogP contribution in [0.5, 0.6) is 0 Å². The third-order valence-electron chi connectivity index (χ3n) is 4.80. The maximum Gasteiger partial charge on any atom is 0.257 e. The zero-order chi connectivity index (χ0) is 18.1. The van der Waals surface area contributed by atoms with Crippen molar-refractivity contribution in [1.29, 1.82) is 0 Å². The number of carbonyl (C=O) groups excluding carboxylic acids is 1. The molecule has 26 heavy (non-hydrogen) atoms. The first-order valence-corrected chi connectivity index (χ1v) is 9.80. The highest BCUT2D eigenvalue weighted by Gasteiger charge is 2.23. The predicted octanol–water partition coefficient (Wildman–Crippen LogP) is 1.95. The van der Waals surface area contributed by atoms with Crippen molar-refractivity contribution < 1.29 is 4.79 Å². The van der Waals surface area contributed by atoms with Gasteiger partial charge in [0.05, 0.1) is 6.42 Å². The Balaban J connectivity index is 1.44. The van der Waals surface area contributed by atoms with Gasteiger partial charge in [0.15, 0.2) is 0 Å². The number of amides is 1. The van der Waals surface area contributed by atoms with Crippen molar-refractivity contribution in [3.05, 3.63) is 40.0 Å². The lowest BCUT2D eigenvalue weighted by molar-refractivity contribution is -0.130. The molecule has 0 N–H and O–H groups in total. The largest absolute Gasteiger partial charge is 0.353 e. The molecule has 0 radical (unpaired) electrons. The highest BCUT2D eigenvalue weighted by atomic mass is 32.1. The number of aryl methyl sites for hydroxylation is 2. The van der Waals surface area contributed by atoms with E-state index in [4.69, 9.17) is 0 Å². The first kappa shape index (κ1) is 17.0. The van der Waals surface area contributed by atoms with E-state index in [-0.39, 0.29) is 5.91 Å². The molecule has 0 bridgehead atoms. The van der Waals surface area contributed by atoms with Crippen LogP contribution in [0.3, 0.4) is 0 Å². The molecule has 1 fully saturated rings. The fourth-order valence-electron chi connectivity index (χ4n) is 3.38. The molecule has 136 valence electrons. The van der Waals surface area contributed by atoms with Crippen LogP contribution in [0.25, 0.3) is 5.78 Å². The van der Waals surface area contributed by atoms with E-state index >= 15 is 0 Å². The van der Waals surface area contributed by atoms with Crippen molar-refractivity contribution in [2.24, 2.45) is 0 Å². The SMILES string of the molecule is CCc1nnc2nc(N3CCN(C(=O)Cc4cccs4)CC3)cc(C)n12. The van der Waals surface area contributed by atoms with Gasteiger partial charge in [-0.05, 0) is 18.4 Å². The summed E-state index contributed by atoms with van der Waals surface area (Å²) in [5.74, 6) is 2.70. The van der Waals surface area contributed by atoms with Gasteiger partial charge in [0.1, 0.15) is 11.6 Å². The van der Waals surface area contributed by atoms with Gasteiger partial charge in [-0.3, -0.25) is 9.20 Å². The minimum Gasteiger partial charge on any atom is -0.353 e. The Labute approximate surface area is 156 Å². The summed E-state index contributed by atoms with van der Waals surface area (Å²) >= 11 is 1.64. The molecule has 0 saturated carbocycles. The van der Waals surface area contributed by atoms with Crippen LogP contribution in [0.4, 0.5) is 5.82 Å². The lowest BCUT2D eigenvalue weighted by Crippen LogP contribution is -2.49. The Kier molecular flexibility index (Phi) is 4.58.